The van der Waals surface area contributed by atoms with E-state index in [2.05, 4.69) is 10.4 Å². The zero-order valence-electron chi connectivity index (χ0n) is 14.8. The van der Waals surface area contributed by atoms with Gasteiger partial charge in [0.25, 0.3) is 5.91 Å². The number of nitrogens with one attached hydrogen (secondary N) is 1. The Morgan fingerprint density at radius 2 is 2.15 bits per heavy atom. The molecule has 2 amide bonds. The Hall–Kier alpha value is -2.09. The lowest BCUT2D eigenvalue weighted by Crippen LogP contribution is -2.46. The van der Waals surface area contributed by atoms with Crippen molar-refractivity contribution in [2.45, 2.75) is 12.8 Å². The van der Waals surface area contributed by atoms with Crippen LogP contribution >= 0.6 is 24.0 Å². The van der Waals surface area contributed by atoms with Crippen LogP contribution in [0, 0.1) is 5.92 Å². The molecule has 1 aliphatic rings. The molecule has 0 bridgehead atoms. The summed E-state index contributed by atoms with van der Waals surface area (Å²) in [6.45, 7) is 1.89. The van der Waals surface area contributed by atoms with Gasteiger partial charge in [-0.05, 0) is 37.1 Å². The monoisotopic (exact) mass is 411 g/mol. The van der Waals surface area contributed by atoms with E-state index in [1.165, 1.54) is 0 Å². The lowest BCUT2D eigenvalue weighted by Gasteiger charge is -2.31. The maximum Gasteiger partial charge on any atom is 0.274 e. The SMILES string of the molecule is Cl.NCCNC(=O)C1CCCN(C(=O)c2ccn(-c3cccc(Cl)c3)n2)C1. The van der Waals surface area contributed by atoms with Gasteiger partial charge < -0.3 is 16.0 Å². The molecular formula is C18H23Cl2N5O2. The third kappa shape index (κ3) is 5.22. The lowest BCUT2D eigenvalue weighted by molar-refractivity contribution is -0.126. The van der Waals surface area contributed by atoms with Crippen LogP contribution < -0.4 is 11.1 Å². The van der Waals surface area contributed by atoms with Gasteiger partial charge in [0, 0.05) is 37.4 Å². The molecule has 1 atom stereocenters. The molecule has 146 valence electrons. The normalized spacial score (nSPS) is 16.5. The Labute approximate surface area is 169 Å². The molecule has 1 aliphatic heterocycles. The molecule has 0 saturated carbocycles. The third-order valence-corrected chi connectivity index (χ3v) is 4.64. The molecule has 27 heavy (non-hydrogen) atoms. The Morgan fingerprint density at radius 1 is 1.33 bits per heavy atom. The van der Waals surface area contributed by atoms with Crippen LogP contribution in [0.1, 0.15) is 23.3 Å². The van der Waals surface area contributed by atoms with Gasteiger partial charge in [-0.2, -0.15) is 5.10 Å². The van der Waals surface area contributed by atoms with Gasteiger partial charge in [-0.1, -0.05) is 17.7 Å². The van der Waals surface area contributed by atoms with Crippen molar-refractivity contribution in [3.8, 4) is 5.69 Å². The summed E-state index contributed by atoms with van der Waals surface area (Å²) in [5.41, 5.74) is 6.56. The molecule has 3 N–H and O–H groups in total. The highest BCUT2D eigenvalue weighted by molar-refractivity contribution is 6.30. The smallest absolute Gasteiger partial charge is 0.274 e. The van der Waals surface area contributed by atoms with Crippen LogP contribution in [0.2, 0.25) is 5.02 Å². The molecule has 1 fully saturated rings. The van der Waals surface area contributed by atoms with Gasteiger partial charge in [0.1, 0.15) is 0 Å². The number of halogens is 2. The van der Waals surface area contributed by atoms with Crippen LogP contribution in [-0.2, 0) is 4.79 Å². The van der Waals surface area contributed by atoms with Gasteiger partial charge >= 0.3 is 0 Å². The van der Waals surface area contributed by atoms with Crippen molar-refractivity contribution in [3.05, 3.63) is 47.2 Å². The fourth-order valence-electron chi connectivity index (χ4n) is 3.08. The minimum Gasteiger partial charge on any atom is -0.355 e. The summed E-state index contributed by atoms with van der Waals surface area (Å²) in [6.07, 6.45) is 3.30. The number of rotatable bonds is 5. The first kappa shape index (κ1) is 21.2. The van der Waals surface area contributed by atoms with Crippen LogP contribution in [0.25, 0.3) is 5.69 Å². The highest BCUT2D eigenvalue weighted by atomic mass is 35.5. The number of carbonyl (C=O) groups is 2. The highest BCUT2D eigenvalue weighted by Crippen LogP contribution is 2.19. The van der Waals surface area contributed by atoms with Crippen molar-refractivity contribution in [1.82, 2.24) is 20.0 Å². The third-order valence-electron chi connectivity index (χ3n) is 4.40. The number of nitrogens with zero attached hydrogens (tertiary/aromatic N) is 3. The van der Waals surface area contributed by atoms with E-state index in [0.717, 1.165) is 18.5 Å². The van der Waals surface area contributed by atoms with Crippen molar-refractivity contribution in [2.24, 2.45) is 11.7 Å². The zero-order chi connectivity index (χ0) is 18.5. The van der Waals surface area contributed by atoms with Gasteiger partial charge in [0.15, 0.2) is 5.69 Å². The largest absolute Gasteiger partial charge is 0.355 e. The van der Waals surface area contributed by atoms with Gasteiger partial charge in [0.2, 0.25) is 5.91 Å². The summed E-state index contributed by atoms with van der Waals surface area (Å²) in [4.78, 5) is 26.6. The van der Waals surface area contributed by atoms with E-state index in [-0.39, 0.29) is 30.1 Å². The number of aromatic nitrogens is 2. The van der Waals surface area contributed by atoms with E-state index in [0.29, 0.717) is 36.9 Å². The van der Waals surface area contributed by atoms with E-state index in [4.69, 9.17) is 17.3 Å². The molecule has 9 heteroatoms. The molecule has 0 radical (unpaired) electrons. The van der Waals surface area contributed by atoms with Crippen molar-refractivity contribution in [2.75, 3.05) is 26.2 Å². The topological polar surface area (TPSA) is 93.3 Å². The van der Waals surface area contributed by atoms with E-state index in [1.54, 1.807) is 34.0 Å². The molecular weight excluding hydrogens is 389 g/mol. The number of carbonyl (C=O) groups excluding carboxylic acids is 2. The van der Waals surface area contributed by atoms with Crippen molar-refractivity contribution >= 4 is 35.8 Å². The Balaban J connectivity index is 0.00000261. The summed E-state index contributed by atoms with van der Waals surface area (Å²) in [5, 5.41) is 7.77. The second-order valence-electron chi connectivity index (χ2n) is 6.30. The molecule has 1 saturated heterocycles. The maximum absolute atomic E-state index is 12.8. The zero-order valence-corrected chi connectivity index (χ0v) is 16.4. The molecule has 0 aliphatic carbocycles. The quantitative estimate of drug-likeness (QED) is 0.784. The molecule has 1 unspecified atom stereocenters. The predicted molar refractivity (Wildman–Crippen MR) is 107 cm³/mol. The predicted octanol–water partition coefficient (Wildman–Crippen LogP) is 1.87. The Morgan fingerprint density at radius 3 is 2.89 bits per heavy atom. The fourth-order valence-corrected chi connectivity index (χ4v) is 3.26. The summed E-state index contributed by atoms with van der Waals surface area (Å²) >= 11 is 6.01. The standard InChI is InChI=1S/C18H22ClN5O2.ClH/c19-14-4-1-5-15(11-14)24-10-6-16(22-24)18(26)23-9-2-3-13(12-23)17(25)21-8-7-20;/h1,4-6,10-11,13H,2-3,7-9,12,20H2,(H,21,25);1H. The Bertz CT molecular complexity index is 796. The second-order valence-corrected chi connectivity index (χ2v) is 6.73. The molecule has 1 aromatic heterocycles. The summed E-state index contributed by atoms with van der Waals surface area (Å²) in [7, 11) is 0. The van der Waals surface area contributed by atoms with E-state index in [9.17, 15) is 9.59 Å². The number of hydrogen-bond acceptors (Lipinski definition) is 4. The summed E-state index contributed by atoms with van der Waals surface area (Å²) < 4.78 is 1.62. The van der Waals surface area contributed by atoms with Crippen molar-refractivity contribution in [1.29, 1.82) is 0 Å². The van der Waals surface area contributed by atoms with Crippen LogP contribution in [0.4, 0.5) is 0 Å². The first-order chi connectivity index (χ1) is 12.6. The van der Waals surface area contributed by atoms with Gasteiger partial charge in [-0.3, -0.25) is 9.59 Å². The number of amides is 2. The molecule has 1 aromatic carbocycles. The molecule has 2 heterocycles. The lowest BCUT2D eigenvalue weighted by atomic mass is 9.97. The van der Waals surface area contributed by atoms with Crippen LogP contribution in [0.3, 0.4) is 0 Å². The first-order valence-corrected chi connectivity index (χ1v) is 9.05. The molecule has 2 aromatic rings. The first-order valence-electron chi connectivity index (χ1n) is 8.67. The second kappa shape index (κ2) is 9.73. The fraction of sp³-hybridized carbons (Fsp3) is 0.389. The van der Waals surface area contributed by atoms with E-state index < -0.39 is 0 Å². The van der Waals surface area contributed by atoms with Crippen LogP contribution in [0.5, 0.6) is 0 Å². The molecule has 0 spiro atoms. The maximum atomic E-state index is 12.8. The number of likely N-dealkylation sites (tertiary alicyclic amines) is 1. The van der Waals surface area contributed by atoms with Crippen molar-refractivity contribution < 1.29 is 9.59 Å². The molecule has 7 nitrogen and oxygen atoms in total. The minimum atomic E-state index is -0.200. The van der Waals surface area contributed by atoms with Gasteiger partial charge in [-0.15, -0.1) is 12.4 Å². The number of benzene rings is 1. The minimum absolute atomic E-state index is 0. The van der Waals surface area contributed by atoms with E-state index in [1.807, 2.05) is 12.1 Å². The average molecular weight is 412 g/mol. The average Bonchev–Trinajstić information content (AvgIpc) is 3.16. The van der Waals surface area contributed by atoms with Crippen molar-refractivity contribution in [3.63, 3.8) is 0 Å². The number of nitrogens with two attached hydrogens (primary N) is 1. The van der Waals surface area contributed by atoms with Crippen LogP contribution in [-0.4, -0.2) is 52.7 Å². The van der Waals surface area contributed by atoms with E-state index >= 15 is 0 Å². The molecule has 3 rings (SSSR count). The summed E-state index contributed by atoms with van der Waals surface area (Å²) in [6, 6.07) is 8.94. The Kier molecular flexibility index (Phi) is 7.65. The van der Waals surface area contributed by atoms with Crippen LogP contribution in [0.15, 0.2) is 36.5 Å². The summed E-state index contributed by atoms with van der Waals surface area (Å²) in [5.74, 6) is -0.409. The highest BCUT2D eigenvalue weighted by Gasteiger charge is 2.29. The number of hydrogen-bond donors (Lipinski definition) is 2. The van der Waals surface area contributed by atoms with Gasteiger partial charge in [0.05, 0.1) is 11.6 Å². The van der Waals surface area contributed by atoms with Gasteiger partial charge in [-0.25, -0.2) is 4.68 Å². The number of piperidine rings is 1.